The Morgan fingerprint density at radius 2 is 1.97 bits per heavy atom. The molecule has 168 valence electrons. The lowest BCUT2D eigenvalue weighted by Crippen LogP contribution is -2.53. The fourth-order valence-electron chi connectivity index (χ4n) is 5.28. The van der Waals surface area contributed by atoms with Crippen LogP contribution in [0.5, 0.6) is 0 Å². The van der Waals surface area contributed by atoms with E-state index in [0.717, 1.165) is 57.3 Å². The van der Waals surface area contributed by atoms with Gasteiger partial charge in [0.25, 0.3) is 5.91 Å². The van der Waals surface area contributed by atoms with E-state index in [4.69, 9.17) is 4.74 Å². The molecule has 1 aliphatic heterocycles. The zero-order chi connectivity index (χ0) is 21.6. The second kappa shape index (κ2) is 10.7. The first-order valence-electron chi connectivity index (χ1n) is 11.5. The monoisotopic (exact) mass is 422 g/mol. The van der Waals surface area contributed by atoms with Crippen LogP contribution in [0.2, 0.25) is 0 Å². The lowest BCUT2D eigenvalue weighted by molar-refractivity contribution is 0.0348. The Labute approximate surface area is 179 Å². The maximum Gasteiger partial charge on any atom is 0.254 e. The standard InChI is InChI=1S/C24H36F2N2O2/c1-3-30-16-8-13-24(12-5-4-9-20(18-24)28-14-6-7-15-28)27(2)23(29)19-10-11-21(25)22(26)17-19/h10-11,17,20H,3-9,12-16,18H2,1-2H3. The van der Waals surface area contributed by atoms with Gasteiger partial charge in [-0.05, 0) is 83.2 Å². The summed E-state index contributed by atoms with van der Waals surface area (Å²) in [6, 6.07) is 3.93. The van der Waals surface area contributed by atoms with Gasteiger partial charge >= 0.3 is 0 Å². The van der Waals surface area contributed by atoms with Gasteiger partial charge in [0.05, 0.1) is 0 Å². The first-order chi connectivity index (χ1) is 14.5. The third kappa shape index (κ3) is 5.38. The van der Waals surface area contributed by atoms with E-state index in [1.807, 2.05) is 18.9 Å². The van der Waals surface area contributed by atoms with E-state index in [1.54, 1.807) is 0 Å². The highest BCUT2D eigenvalue weighted by atomic mass is 19.2. The van der Waals surface area contributed by atoms with Gasteiger partial charge in [0.2, 0.25) is 0 Å². The Morgan fingerprint density at radius 1 is 1.20 bits per heavy atom. The van der Waals surface area contributed by atoms with Gasteiger partial charge in [0, 0.05) is 37.4 Å². The number of benzene rings is 1. The number of amides is 1. The van der Waals surface area contributed by atoms with Crippen LogP contribution in [0.15, 0.2) is 18.2 Å². The minimum absolute atomic E-state index is 0.211. The molecule has 2 unspecified atom stereocenters. The molecule has 0 spiro atoms. The first kappa shape index (κ1) is 23.1. The SMILES string of the molecule is CCOCCCC1(N(C)C(=O)c2ccc(F)c(F)c2)CCCCC(N2CCCC2)C1. The van der Waals surface area contributed by atoms with E-state index < -0.39 is 11.6 Å². The summed E-state index contributed by atoms with van der Waals surface area (Å²) in [6.07, 6.45) is 9.53. The predicted molar refractivity (Wildman–Crippen MR) is 115 cm³/mol. The number of nitrogens with zero attached hydrogens (tertiary/aromatic N) is 2. The second-order valence-electron chi connectivity index (χ2n) is 8.86. The van der Waals surface area contributed by atoms with E-state index in [2.05, 4.69) is 4.90 Å². The molecule has 0 bridgehead atoms. The van der Waals surface area contributed by atoms with Gasteiger partial charge in [-0.2, -0.15) is 0 Å². The van der Waals surface area contributed by atoms with Crippen molar-refractivity contribution in [2.45, 2.75) is 76.3 Å². The van der Waals surface area contributed by atoms with Crippen LogP contribution in [0.1, 0.15) is 75.1 Å². The third-order valence-corrected chi connectivity index (χ3v) is 7.02. The van der Waals surface area contributed by atoms with Crippen molar-refractivity contribution in [1.82, 2.24) is 9.80 Å². The van der Waals surface area contributed by atoms with Gasteiger partial charge in [0.15, 0.2) is 11.6 Å². The van der Waals surface area contributed by atoms with E-state index in [9.17, 15) is 13.6 Å². The number of hydrogen-bond acceptors (Lipinski definition) is 3. The summed E-state index contributed by atoms with van der Waals surface area (Å²) in [5.41, 5.74) is -0.0782. The molecule has 2 aliphatic rings. The van der Waals surface area contributed by atoms with E-state index in [0.29, 0.717) is 19.3 Å². The second-order valence-corrected chi connectivity index (χ2v) is 8.86. The van der Waals surface area contributed by atoms with Crippen LogP contribution in [-0.2, 0) is 4.74 Å². The molecule has 30 heavy (non-hydrogen) atoms. The summed E-state index contributed by atoms with van der Waals surface area (Å²) in [6.45, 7) is 5.64. The van der Waals surface area contributed by atoms with Crippen LogP contribution >= 0.6 is 0 Å². The van der Waals surface area contributed by atoms with Gasteiger partial charge in [-0.3, -0.25) is 4.79 Å². The molecule has 1 saturated heterocycles. The molecule has 1 heterocycles. The van der Waals surface area contributed by atoms with E-state index in [-0.39, 0.29) is 17.0 Å². The fraction of sp³-hybridized carbons (Fsp3) is 0.708. The molecular formula is C24H36F2N2O2. The average molecular weight is 423 g/mol. The van der Waals surface area contributed by atoms with Gasteiger partial charge in [-0.1, -0.05) is 12.8 Å². The van der Waals surface area contributed by atoms with Gasteiger partial charge in [0.1, 0.15) is 0 Å². The molecular weight excluding hydrogens is 386 g/mol. The Morgan fingerprint density at radius 3 is 2.67 bits per heavy atom. The molecule has 1 aliphatic carbocycles. The Bertz CT molecular complexity index is 708. The van der Waals surface area contributed by atoms with Gasteiger partial charge < -0.3 is 14.5 Å². The molecule has 1 saturated carbocycles. The number of rotatable bonds is 8. The van der Waals surface area contributed by atoms with Crippen molar-refractivity contribution >= 4 is 5.91 Å². The highest BCUT2D eigenvalue weighted by molar-refractivity contribution is 5.94. The number of ether oxygens (including phenoxy) is 1. The van der Waals surface area contributed by atoms with Crippen molar-refractivity contribution in [1.29, 1.82) is 0 Å². The fourth-order valence-corrected chi connectivity index (χ4v) is 5.28. The summed E-state index contributed by atoms with van der Waals surface area (Å²) >= 11 is 0. The molecule has 0 aromatic heterocycles. The smallest absolute Gasteiger partial charge is 0.254 e. The molecule has 1 amide bonds. The van der Waals surface area contributed by atoms with Crippen LogP contribution in [0.3, 0.4) is 0 Å². The van der Waals surface area contributed by atoms with Crippen molar-refractivity contribution in [2.24, 2.45) is 0 Å². The zero-order valence-electron chi connectivity index (χ0n) is 18.5. The lowest BCUT2D eigenvalue weighted by atomic mass is 9.82. The summed E-state index contributed by atoms with van der Waals surface area (Å²) in [5, 5.41) is 0. The lowest BCUT2D eigenvalue weighted by Gasteiger charge is -2.45. The van der Waals surface area contributed by atoms with Crippen molar-refractivity contribution in [3.05, 3.63) is 35.4 Å². The quantitative estimate of drug-likeness (QED) is 0.436. The molecule has 2 fully saturated rings. The largest absolute Gasteiger partial charge is 0.382 e. The van der Waals surface area contributed by atoms with Crippen LogP contribution < -0.4 is 0 Å². The summed E-state index contributed by atoms with van der Waals surface area (Å²) in [4.78, 5) is 17.8. The van der Waals surface area contributed by atoms with Crippen molar-refractivity contribution in [2.75, 3.05) is 33.4 Å². The molecule has 3 rings (SSSR count). The molecule has 1 aromatic rings. The van der Waals surface area contributed by atoms with Crippen LogP contribution in [0, 0.1) is 11.6 Å². The number of carbonyl (C=O) groups is 1. The summed E-state index contributed by atoms with van der Waals surface area (Å²) in [7, 11) is 1.84. The summed E-state index contributed by atoms with van der Waals surface area (Å²) in [5.74, 6) is -2.13. The normalized spacial score (nSPS) is 25.3. The molecule has 2 atom stereocenters. The maximum absolute atomic E-state index is 13.8. The first-order valence-corrected chi connectivity index (χ1v) is 11.5. The van der Waals surface area contributed by atoms with E-state index >= 15 is 0 Å². The maximum atomic E-state index is 13.8. The predicted octanol–water partition coefficient (Wildman–Crippen LogP) is 5.02. The minimum Gasteiger partial charge on any atom is -0.382 e. The highest BCUT2D eigenvalue weighted by Gasteiger charge is 2.42. The number of hydrogen-bond donors (Lipinski definition) is 0. The van der Waals surface area contributed by atoms with E-state index in [1.165, 1.54) is 31.7 Å². The molecule has 6 heteroatoms. The Kier molecular flexibility index (Phi) is 8.23. The van der Waals surface area contributed by atoms with Crippen LogP contribution in [-0.4, -0.2) is 60.6 Å². The van der Waals surface area contributed by atoms with Crippen LogP contribution in [0.4, 0.5) is 8.78 Å². The van der Waals surface area contributed by atoms with Gasteiger partial charge in [-0.25, -0.2) is 8.78 Å². The zero-order valence-corrected chi connectivity index (χ0v) is 18.5. The van der Waals surface area contributed by atoms with Gasteiger partial charge in [-0.15, -0.1) is 0 Å². The average Bonchev–Trinajstić information content (AvgIpc) is 3.20. The number of carbonyl (C=O) groups excluding carboxylic acids is 1. The molecule has 4 nitrogen and oxygen atoms in total. The minimum atomic E-state index is -0.976. The Balaban J connectivity index is 1.84. The molecule has 0 radical (unpaired) electrons. The molecule has 0 N–H and O–H groups in total. The topological polar surface area (TPSA) is 32.8 Å². The third-order valence-electron chi connectivity index (χ3n) is 7.02. The Hall–Kier alpha value is -1.53. The van der Waals surface area contributed by atoms with Crippen LogP contribution in [0.25, 0.3) is 0 Å². The number of likely N-dealkylation sites (tertiary alicyclic amines) is 1. The van der Waals surface area contributed by atoms with Crippen molar-refractivity contribution in [3.63, 3.8) is 0 Å². The summed E-state index contributed by atoms with van der Waals surface area (Å²) < 4.78 is 32.8. The number of halogens is 2. The molecule has 1 aromatic carbocycles. The van der Waals surface area contributed by atoms with Crippen molar-refractivity contribution in [3.8, 4) is 0 Å². The highest BCUT2D eigenvalue weighted by Crippen LogP contribution is 2.39. The van der Waals surface area contributed by atoms with Crippen molar-refractivity contribution < 1.29 is 18.3 Å².